The molecule has 15 heavy (non-hydrogen) atoms. The van der Waals surface area contributed by atoms with Crippen molar-refractivity contribution in [3.05, 3.63) is 35.6 Å². The highest BCUT2D eigenvalue weighted by Crippen LogP contribution is 2.14. The van der Waals surface area contributed by atoms with Crippen molar-refractivity contribution in [3.8, 4) is 0 Å². The summed E-state index contributed by atoms with van der Waals surface area (Å²) in [4.78, 5) is 0. The number of hydrogen-bond donors (Lipinski definition) is 1. The molecule has 2 atom stereocenters. The lowest BCUT2D eigenvalue weighted by molar-refractivity contribution is 0.386. The van der Waals surface area contributed by atoms with Crippen LogP contribution in [0, 0.1) is 11.7 Å². The normalized spacial score (nSPS) is 14.9. The van der Waals surface area contributed by atoms with Crippen molar-refractivity contribution in [2.45, 2.75) is 32.7 Å². The van der Waals surface area contributed by atoms with Gasteiger partial charge in [-0.05, 0) is 37.1 Å². The zero-order chi connectivity index (χ0) is 11.3. The van der Waals surface area contributed by atoms with Crippen molar-refractivity contribution in [1.29, 1.82) is 0 Å². The summed E-state index contributed by atoms with van der Waals surface area (Å²) in [7, 11) is 1.97. The maximum absolute atomic E-state index is 13.0. The number of halogens is 1. The van der Waals surface area contributed by atoms with Gasteiger partial charge in [-0.3, -0.25) is 0 Å². The van der Waals surface area contributed by atoms with Crippen LogP contribution in [0.2, 0.25) is 0 Å². The third kappa shape index (κ3) is 3.63. The number of benzene rings is 1. The quantitative estimate of drug-likeness (QED) is 0.786. The maximum Gasteiger partial charge on any atom is 0.123 e. The van der Waals surface area contributed by atoms with E-state index in [-0.39, 0.29) is 5.82 Å². The Balaban J connectivity index is 2.66. The Kier molecular flexibility index (Phi) is 4.76. The van der Waals surface area contributed by atoms with Gasteiger partial charge in [-0.2, -0.15) is 0 Å². The Morgan fingerprint density at radius 2 is 2.13 bits per heavy atom. The van der Waals surface area contributed by atoms with Gasteiger partial charge in [0.25, 0.3) is 0 Å². The van der Waals surface area contributed by atoms with Gasteiger partial charge >= 0.3 is 0 Å². The fourth-order valence-electron chi connectivity index (χ4n) is 1.79. The minimum atomic E-state index is -0.147. The first-order chi connectivity index (χ1) is 7.17. The highest BCUT2D eigenvalue weighted by Gasteiger charge is 2.14. The average Bonchev–Trinajstić information content (AvgIpc) is 2.25. The Labute approximate surface area is 91.7 Å². The smallest absolute Gasteiger partial charge is 0.123 e. The van der Waals surface area contributed by atoms with Crippen LogP contribution in [-0.4, -0.2) is 13.1 Å². The number of likely N-dealkylation sites (N-methyl/N-ethyl adjacent to an activating group) is 1. The molecule has 2 unspecified atom stereocenters. The molecule has 1 N–H and O–H groups in total. The van der Waals surface area contributed by atoms with E-state index in [9.17, 15) is 4.39 Å². The van der Waals surface area contributed by atoms with E-state index in [1.807, 2.05) is 13.1 Å². The first-order valence-corrected chi connectivity index (χ1v) is 5.59. The second-order valence-electron chi connectivity index (χ2n) is 4.11. The molecule has 0 spiro atoms. The Bertz CT molecular complexity index is 298. The van der Waals surface area contributed by atoms with E-state index in [1.165, 1.54) is 6.07 Å². The third-order valence-corrected chi connectivity index (χ3v) is 3.05. The first kappa shape index (κ1) is 12.2. The molecule has 0 saturated carbocycles. The van der Waals surface area contributed by atoms with E-state index in [0.717, 1.165) is 18.4 Å². The highest BCUT2D eigenvalue weighted by molar-refractivity contribution is 5.17. The maximum atomic E-state index is 13.0. The van der Waals surface area contributed by atoms with Gasteiger partial charge in [-0.1, -0.05) is 32.4 Å². The van der Waals surface area contributed by atoms with E-state index in [0.29, 0.717) is 12.0 Å². The van der Waals surface area contributed by atoms with E-state index >= 15 is 0 Å². The molecule has 0 saturated heterocycles. The summed E-state index contributed by atoms with van der Waals surface area (Å²) in [6.07, 6.45) is 2.03. The van der Waals surface area contributed by atoms with Gasteiger partial charge in [0.15, 0.2) is 0 Å². The van der Waals surface area contributed by atoms with Gasteiger partial charge in [-0.15, -0.1) is 0 Å². The monoisotopic (exact) mass is 209 g/mol. The van der Waals surface area contributed by atoms with Crippen LogP contribution < -0.4 is 5.32 Å². The van der Waals surface area contributed by atoms with Crippen LogP contribution in [0.5, 0.6) is 0 Å². The molecule has 0 heterocycles. The summed E-state index contributed by atoms with van der Waals surface area (Å²) >= 11 is 0. The summed E-state index contributed by atoms with van der Waals surface area (Å²) in [5, 5.41) is 3.30. The second-order valence-corrected chi connectivity index (χ2v) is 4.11. The summed E-state index contributed by atoms with van der Waals surface area (Å²) in [5.41, 5.74) is 1.06. The SMILES string of the molecule is CCC(C)C(Cc1cccc(F)c1)NC. The van der Waals surface area contributed by atoms with Crippen LogP contribution in [0.4, 0.5) is 4.39 Å². The molecule has 0 aromatic heterocycles. The molecule has 1 rings (SSSR count). The van der Waals surface area contributed by atoms with Crippen LogP contribution >= 0.6 is 0 Å². The topological polar surface area (TPSA) is 12.0 Å². The van der Waals surface area contributed by atoms with E-state index in [4.69, 9.17) is 0 Å². The molecule has 1 aromatic rings. The molecule has 1 nitrogen and oxygen atoms in total. The summed E-state index contributed by atoms with van der Waals surface area (Å²) in [5.74, 6) is 0.463. The summed E-state index contributed by atoms with van der Waals surface area (Å²) in [6, 6.07) is 7.29. The summed E-state index contributed by atoms with van der Waals surface area (Å²) < 4.78 is 13.0. The van der Waals surface area contributed by atoms with E-state index in [1.54, 1.807) is 12.1 Å². The number of nitrogens with one attached hydrogen (secondary N) is 1. The molecule has 0 amide bonds. The fourth-order valence-corrected chi connectivity index (χ4v) is 1.79. The average molecular weight is 209 g/mol. The lowest BCUT2D eigenvalue weighted by Gasteiger charge is -2.22. The van der Waals surface area contributed by atoms with Gasteiger partial charge < -0.3 is 5.32 Å². The third-order valence-electron chi connectivity index (χ3n) is 3.05. The van der Waals surface area contributed by atoms with Crippen molar-refractivity contribution < 1.29 is 4.39 Å². The molecular formula is C13H20FN. The number of hydrogen-bond acceptors (Lipinski definition) is 1. The van der Waals surface area contributed by atoms with Crippen LogP contribution in [0.15, 0.2) is 24.3 Å². The molecule has 2 heteroatoms. The van der Waals surface area contributed by atoms with Crippen LogP contribution in [0.25, 0.3) is 0 Å². The number of rotatable bonds is 5. The molecule has 1 aromatic carbocycles. The zero-order valence-electron chi connectivity index (χ0n) is 9.76. The van der Waals surface area contributed by atoms with E-state index in [2.05, 4.69) is 19.2 Å². The zero-order valence-corrected chi connectivity index (χ0v) is 9.76. The second kappa shape index (κ2) is 5.86. The molecular weight excluding hydrogens is 189 g/mol. The van der Waals surface area contributed by atoms with Crippen LogP contribution in [0.1, 0.15) is 25.8 Å². The molecule has 0 aliphatic rings. The van der Waals surface area contributed by atoms with Gasteiger partial charge in [0, 0.05) is 6.04 Å². The van der Waals surface area contributed by atoms with Crippen LogP contribution in [0.3, 0.4) is 0 Å². The molecule has 0 radical (unpaired) electrons. The predicted octanol–water partition coefficient (Wildman–Crippen LogP) is 3.00. The van der Waals surface area contributed by atoms with Gasteiger partial charge in [0.1, 0.15) is 5.82 Å². The van der Waals surface area contributed by atoms with Crippen molar-refractivity contribution in [3.63, 3.8) is 0 Å². The molecule has 0 aliphatic heterocycles. The largest absolute Gasteiger partial charge is 0.316 e. The van der Waals surface area contributed by atoms with Crippen molar-refractivity contribution in [2.75, 3.05) is 7.05 Å². The predicted molar refractivity (Wildman–Crippen MR) is 62.4 cm³/mol. The first-order valence-electron chi connectivity index (χ1n) is 5.59. The summed E-state index contributed by atoms with van der Waals surface area (Å²) in [6.45, 7) is 4.40. The minimum absolute atomic E-state index is 0.147. The molecule has 84 valence electrons. The van der Waals surface area contributed by atoms with Crippen molar-refractivity contribution >= 4 is 0 Å². The van der Waals surface area contributed by atoms with Crippen LogP contribution in [-0.2, 0) is 6.42 Å². The van der Waals surface area contributed by atoms with Gasteiger partial charge in [0.05, 0.1) is 0 Å². The molecule has 0 bridgehead atoms. The lowest BCUT2D eigenvalue weighted by atomic mass is 9.93. The minimum Gasteiger partial charge on any atom is -0.316 e. The molecule has 0 aliphatic carbocycles. The van der Waals surface area contributed by atoms with Gasteiger partial charge in [0.2, 0.25) is 0 Å². The standard InChI is InChI=1S/C13H20FN/c1-4-10(2)13(15-3)9-11-6-5-7-12(14)8-11/h5-8,10,13,15H,4,9H2,1-3H3. The Morgan fingerprint density at radius 1 is 1.40 bits per heavy atom. The van der Waals surface area contributed by atoms with Gasteiger partial charge in [-0.25, -0.2) is 4.39 Å². The fraction of sp³-hybridized carbons (Fsp3) is 0.538. The molecule has 0 fully saturated rings. The highest BCUT2D eigenvalue weighted by atomic mass is 19.1. The van der Waals surface area contributed by atoms with E-state index < -0.39 is 0 Å². The van der Waals surface area contributed by atoms with Crippen molar-refractivity contribution in [2.24, 2.45) is 5.92 Å². The Hall–Kier alpha value is -0.890. The Morgan fingerprint density at radius 3 is 2.67 bits per heavy atom. The lowest BCUT2D eigenvalue weighted by Crippen LogP contribution is -2.33. The van der Waals surface area contributed by atoms with Crippen molar-refractivity contribution in [1.82, 2.24) is 5.32 Å².